The van der Waals surface area contributed by atoms with Crippen LogP contribution in [-0.4, -0.2) is 33.2 Å². The van der Waals surface area contributed by atoms with Gasteiger partial charge in [0.25, 0.3) is 0 Å². The predicted octanol–water partition coefficient (Wildman–Crippen LogP) is 3.60. The van der Waals surface area contributed by atoms with Crippen LogP contribution in [0, 0.1) is 13.8 Å². The lowest BCUT2D eigenvalue weighted by molar-refractivity contribution is -0.122. The van der Waals surface area contributed by atoms with Crippen molar-refractivity contribution in [3.63, 3.8) is 0 Å². The maximum atomic E-state index is 12.8. The molecule has 1 atom stereocenters. The van der Waals surface area contributed by atoms with Crippen LogP contribution >= 0.6 is 0 Å². The molecule has 5 nitrogen and oxygen atoms in total. The van der Waals surface area contributed by atoms with Crippen LogP contribution in [0.25, 0.3) is 0 Å². The van der Waals surface area contributed by atoms with Crippen LogP contribution in [0.4, 0.5) is 5.69 Å². The first-order valence-corrected chi connectivity index (χ1v) is 11.5. The van der Waals surface area contributed by atoms with E-state index < -0.39 is 16.1 Å². The maximum Gasteiger partial charge on any atom is 0.243 e. The molecule has 0 aliphatic carbocycles. The highest BCUT2D eigenvalue weighted by Gasteiger charge is 2.31. The van der Waals surface area contributed by atoms with Crippen LogP contribution in [0.5, 0.6) is 0 Å². The number of carbonyl (C=O) groups is 1. The molecule has 2 aromatic carbocycles. The van der Waals surface area contributed by atoms with E-state index in [0.29, 0.717) is 18.7 Å². The summed E-state index contributed by atoms with van der Waals surface area (Å²) in [7, 11) is -3.60. The van der Waals surface area contributed by atoms with E-state index in [1.54, 1.807) is 18.2 Å². The number of sulfonamides is 1. The highest BCUT2D eigenvalue weighted by molar-refractivity contribution is 7.92. The number of anilines is 1. The lowest BCUT2D eigenvalue weighted by Crippen LogP contribution is -2.49. The van der Waals surface area contributed by atoms with Crippen molar-refractivity contribution in [2.24, 2.45) is 0 Å². The number of carbonyl (C=O) groups excluding carboxylic acids is 1. The smallest absolute Gasteiger partial charge is 0.243 e. The number of hydrogen-bond donors (Lipinski definition) is 1. The summed E-state index contributed by atoms with van der Waals surface area (Å²) in [5.74, 6) is -0.265. The molecule has 0 heterocycles. The number of aryl methyl sites for hydroxylation is 3. The second kappa shape index (κ2) is 9.73. The number of benzene rings is 2. The van der Waals surface area contributed by atoms with Gasteiger partial charge < -0.3 is 5.32 Å². The molecule has 2 aromatic rings. The Labute approximate surface area is 168 Å². The highest BCUT2D eigenvalue weighted by Crippen LogP contribution is 2.23. The van der Waals surface area contributed by atoms with Gasteiger partial charge in [0.15, 0.2) is 0 Å². The SMILES string of the molecule is CCC(C(=O)NCCCc1ccc(C)cc1)N(c1cccc(C)c1)S(C)(=O)=O. The third-order valence-electron chi connectivity index (χ3n) is 4.65. The summed E-state index contributed by atoms with van der Waals surface area (Å²) in [5, 5.41) is 2.91. The summed E-state index contributed by atoms with van der Waals surface area (Å²) in [5.41, 5.74) is 3.91. The monoisotopic (exact) mass is 402 g/mol. The van der Waals surface area contributed by atoms with E-state index >= 15 is 0 Å². The Morgan fingerprint density at radius 2 is 1.75 bits per heavy atom. The molecule has 1 unspecified atom stereocenters. The van der Waals surface area contributed by atoms with E-state index in [4.69, 9.17) is 0 Å². The summed E-state index contributed by atoms with van der Waals surface area (Å²) in [6.45, 7) is 6.28. The van der Waals surface area contributed by atoms with Gasteiger partial charge in [0.05, 0.1) is 11.9 Å². The lowest BCUT2D eigenvalue weighted by Gasteiger charge is -2.30. The van der Waals surface area contributed by atoms with Crippen LogP contribution in [0.2, 0.25) is 0 Å². The van der Waals surface area contributed by atoms with Crippen molar-refractivity contribution < 1.29 is 13.2 Å². The van der Waals surface area contributed by atoms with Crippen molar-refractivity contribution >= 4 is 21.6 Å². The van der Waals surface area contributed by atoms with Gasteiger partial charge in [0, 0.05) is 6.54 Å². The normalized spacial score (nSPS) is 12.4. The molecule has 0 aliphatic heterocycles. The first-order valence-electron chi connectivity index (χ1n) is 9.61. The third-order valence-corrected chi connectivity index (χ3v) is 5.83. The molecule has 6 heteroatoms. The van der Waals surface area contributed by atoms with Gasteiger partial charge in [-0.3, -0.25) is 9.10 Å². The fourth-order valence-corrected chi connectivity index (χ4v) is 4.41. The molecule has 2 rings (SSSR count). The van der Waals surface area contributed by atoms with Crippen LogP contribution in [-0.2, 0) is 21.2 Å². The minimum Gasteiger partial charge on any atom is -0.354 e. The van der Waals surface area contributed by atoms with Gasteiger partial charge in [0.1, 0.15) is 6.04 Å². The van der Waals surface area contributed by atoms with Gasteiger partial charge in [-0.1, -0.05) is 48.9 Å². The van der Waals surface area contributed by atoms with Crippen LogP contribution < -0.4 is 9.62 Å². The van der Waals surface area contributed by atoms with E-state index in [1.807, 2.05) is 19.9 Å². The number of amides is 1. The largest absolute Gasteiger partial charge is 0.354 e. The summed E-state index contributed by atoms with van der Waals surface area (Å²) >= 11 is 0. The number of hydrogen-bond acceptors (Lipinski definition) is 3. The average molecular weight is 403 g/mol. The van der Waals surface area contributed by atoms with Crippen LogP contribution in [0.3, 0.4) is 0 Å². The van der Waals surface area contributed by atoms with Gasteiger partial charge in [-0.25, -0.2) is 8.42 Å². The van der Waals surface area contributed by atoms with Crippen molar-refractivity contribution in [1.82, 2.24) is 5.32 Å². The number of nitrogens with one attached hydrogen (secondary N) is 1. The van der Waals surface area contributed by atoms with Gasteiger partial charge in [0.2, 0.25) is 15.9 Å². The Kier molecular flexibility index (Phi) is 7.63. The lowest BCUT2D eigenvalue weighted by atomic mass is 10.1. The third kappa shape index (κ3) is 6.09. The number of nitrogens with zero attached hydrogens (tertiary/aromatic N) is 1. The molecular weight excluding hydrogens is 372 g/mol. The summed E-state index contributed by atoms with van der Waals surface area (Å²) < 4.78 is 26.1. The topological polar surface area (TPSA) is 66.5 Å². The summed E-state index contributed by atoms with van der Waals surface area (Å²) in [4.78, 5) is 12.8. The molecule has 152 valence electrons. The zero-order chi connectivity index (χ0) is 20.7. The minimum atomic E-state index is -3.60. The molecule has 0 aliphatic rings. The zero-order valence-corrected chi connectivity index (χ0v) is 17.9. The van der Waals surface area contributed by atoms with Crippen molar-refractivity contribution in [3.8, 4) is 0 Å². The Morgan fingerprint density at radius 1 is 1.07 bits per heavy atom. The Hall–Kier alpha value is -2.34. The van der Waals surface area contributed by atoms with E-state index in [2.05, 4.69) is 36.5 Å². The fraction of sp³-hybridized carbons (Fsp3) is 0.409. The molecular formula is C22H30N2O3S. The quantitative estimate of drug-likeness (QED) is 0.652. The van der Waals surface area contributed by atoms with Gasteiger partial charge in [-0.15, -0.1) is 0 Å². The highest BCUT2D eigenvalue weighted by atomic mass is 32.2. The Morgan fingerprint density at radius 3 is 2.32 bits per heavy atom. The van der Waals surface area contributed by atoms with E-state index in [9.17, 15) is 13.2 Å². The molecule has 0 saturated carbocycles. The Bertz CT molecular complexity index is 892. The van der Waals surface area contributed by atoms with Gasteiger partial charge in [-0.2, -0.15) is 0 Å². The molecule has 0 saturated heterocycles. The molecule has 0 spiro atoms. The van der Waals surface area contributed by atoms with Gasteiger partial charge >= 0.3 is 0 Å². The minimum absolute atomic E-state index is 0.265. The van der Waals surface area contributed by atoms with E-state index in [0.717, 1.165) is 24.7 Å². The summed E-state index contributed by atoms with van der Waals surface area (Å²) in [6, 6.07) is 14.8. The molecule has 28 heavy (non-hydrogen) atoms. The molecule has 0 fully saturated rings. The summed E-state index contributed by atoms with van der Waals surface area (Å²) in [6.07, 6.45) is 3.20. The molecule has 0 bridgehead atoms. The number of rotatable bonds is 9. The molecule has 0 aromatic heterocycles. The second-order valence-electron chi connectivity index (χ2n) is 7.20. The van der Waals surface area contributed by atoms with E-state index in [-0.39, 0.29) is 5.91 Å². The second-order valence-corrected chi connectivity index (χ2v) is 9.06. The average Bonchev–Trinajstić information content (AvgIpc) is 2.63. The zero-order valence-electron chi connectivity index (χ0n) is 17.1. The van der Waals surface area contributed by atoms with E-state index in [1.165, 1.54) is 15.4 Å². The first-order chi connectivity index (χ1) is 13.2. The van der Waals surface area contributed by atoms with Gasteiger partial charge in [-0.05, 0) is 56.4 Å². The van der Waals surface area contributed by atoms with Crippen molar-refractivity contribution in [1.29, 1.82) is 0 Å². The van der Waals surface area contributed by atoms with Crippen molar-refractivity contribution in [2.75, 3.05) is 17.1 Å². The van der Waals surface area contributed by atoms with Crippen molar-refractivity contribution in [3.05, 3.63) is 65.2 Å². The Balaban J connectivity index is 2.04. The molecule has 1 N–H and O–H groups in total. The van der Waals surface area contributed by atoms with Crippen molar-refractivity contribution in [2.45, 2.75) is 46.1 Å². The fourth-order valence-electron chi connectivity index (χ4n) is 3.20. The first kappa shape index (κ1) is 22.0. The standard InChI is InChI=1S/C22H30N2O3S/c1-5-21(24(28(4,26)27)20-10-6-8-18(3)16-20)22(25)23-15-7-9-19-13-11-17(2)12-14-19/h6,8,10-14,16,21H,5,7,9,15H2,1-4H3,(H,23,25). The van der Waals surface area contributed by atoms with Crippen LogP contribution in [0.1, 0.15) is 36.5 Å². The predicted molar refractivity (Wildman–Crippen MR) is 115 cm³/mol. The molecule has 0 radical (unpaired) electrons. The van der Waals surface area contributed by atoms with Crippen LogP contribution in [0.15, 0.2) is 48.5 Å². The molecule has 1 amide bonds. The maximum absolute atomic E-state index is 12.8.